The summed E-state index contributed by atoms with van der Waals surface area (Å²) < 4.78 is 18.2. The Morgan fingerprint density at radius 1 is 1.20 bits per heavy atom. The molecule has 1 aromatic carbocycles. The number of ether oxygens (including phenoxy) is 1. The zero-order chi connectivity index (χ0) is 15.4. The molecule has 0 heterocycles. The smallest absolute Gasteiger partial charge is 0.142 e. The number of hydrogen-bond acceptors (Lipinski definition) is 3. The summed E-state index contributed by atoms with van der Waals surface area (Å²) in [6.07, 6.45) is 1.39. The number of hydrogen-bond donors (Lipinski definition) is 1. The van der Waals surface area contributed by atoms with E-state index >= 15 is 0 Å². The Bertz CT molecular complexity index is 484. The van der Waals surface area contributed by atoms with Gasteiger partial charge in [-0.2, -0.15) is 0 Å². The molecule has 4 heteroatoms. The molecule has 0 saturated carbocycles. The second-order valence-electron chi connectivity index (χ2n) is 6.32. The molecule has 0 aliphatic carbocycles. The van der Waals surface area contributed by atoms with Crippen molar-refractivity contribution in [2.24, 2.45) is 5.41 Å². The van der Waals surface area contributed by atoms with Crippen LogP contribution in [0.5, 0.6) is 5.75 Å². The predicted octanol–water partition coefficient (Wildman–Crippen LogP) is 4.18. The van der Waals surface area contributed by atoms with Crippen LogP contribution >= 0.6 is 7.14 Å². The van der Waals surface area contributed by atoms with E-state index in [9.17, 15) is 4.57 Å². The molecule has 0 saturated heterocycles. The summed E-state index contributed by atoms with van der Waals surface area (Å²) >= 11 is 0. The Morgan fingerprint density at radius 3 is 2.25 bits per heavy atom. The molecule has 0 atom stereocenters. The number of nitrogens with one attached hydrogen (secondary N) is 1. The van der Waals surface area contributed by atoms with Crippen LogP contribution in [0, 0.1) is 5.41 Å². The molecule has 0 unspecified atom stereocenters. The highest BCUT2D eigenvalue weighted by atomic mass is 31.2. The van der Waals surface area contributed by atoms with Gasteiger partial charge in [-0.05, 0) is 23.6 Å². The lowest BCUT2D eigenvalue weighted by Gasteiger charge is -2.22. The van der Waals surface area contributed by atoms with E-state index in [-0.39, 0.29) is 5.41 Å². The summed E-state index contributed by atoms with van der Waals surface area (Å²) in [4.78, 5) is 0. The van der Waals surface area contributed by atoms with Crippen LogP contribution in [0.25, 0.3) is 0 Å². The standard InChI is InChI=1S/C16H28NO2P/c1-7-20(18,8-2)13-9-10-14(15(11-13)19-6)17-12-16(3,4)5/h9-11,17H,7-8,12H2,1-6H3. The van der Waals surface area contributed by atoms with Gasteiger partial charge in [-0.3, -0.25) is 0 Å². The summed E-state index contributed by atoms with van der Waals surface area (Å²) in [5.41, 5.74) is 1.16. The maximum absolute atomic E-state index is 12.8. The van der Waals surface area contributed by atoms with Gasteiger partial charge < -0.3 is 14.6 Å². The Kier molecular flexibility index (Phi) is 5.70. The van der Waals surface area contributed by atoms with Gasteiger partial charge >= 0.3 is 0 Å². The lowest BCUT2D eigenvalue weighted by molar-refractivity contribution is 0.413. The molecule has 0 fully saturated rings. The Balaban J connectivity index is 3.05. The zero-order valence-corrected chi connectivity index (χ0v) is 14.5. The van der Waals surface area contributed by atoms with Gasteiger partial charge in [0.15, 0.2) is 0 Å². The van der Waals surface area contributed by atoms with Crippen LogP contribution in [0.3, 0.4) is 0 Å². The summed E-state index contributed by atoms with van der Waals surface area (Å²) in [5, 5.41) is 4.32. The van der Waals surface area contributed by atoms with Crippen LogP contribution in [0.1, 0.15) is 34.6 Å². The first-order chi connectivity index (χ1) is 9.25. The van der Waals surface area contributed by atoms with Crippen molar-refractivity contribution in [1.29, 1.82) is 0 Å². The van der Waals surface area contributed by atoms with E-state index in [4.69, 9.17) is 4.74 Å². The topological polar surface area (TPSA) is 38.3 Å². The summed E-state index contributed by atoms with van der Waals surface area (Å²) in [5.74, 6) is 0.772. The highest BCUT2D eigenvalue weighted by Crippen LogP contribution is 2.44. The molecule has 0 aliphatic heterocycles. The van der Waals surface area contributed by atoms with Crippen molar-refractivity contribution >= 4 is 18.1 Å². The second-order valence-corrected chi connectivity index (χ2v) is 9.88. The zero-order valence-electron chi connectivity index (χ0n) is 13.6. The lowest BCUT2D eigenvalue weighted by Crippen LogP contribution is -2.20. The SMILES string of the molecule is CCP(=O)(CC)c1ccc(NCC(C)(C)C)c(OC)c1. The molecule has 0 spiro atoms. The van der Waals surface area contributed by atoms with Gasteiger partial charge in [-0.15, -0.1) is 0 Å². The number of anilines is 1. The molecule has 0 radical (unpaired) electrons. The average Bonchev–Trinajstić information content (AvgIpc) is 2.43. The third-order valence-corrected chi connectivity index (χ3v) is 6.75. The van der Waals surface area contributed by atoms with Crippen LogP contribution in [0.15, 0.2) is 18.2 Å². The molecular formula is C16H28NO2P. The fourth-order valence-corrected chi connectivity index (χ4v) is 3.90. The van der Waals surface area contributed by atoms with Crippen LogP contribution in [0.2, 0.25) is 0 Å². The van der Waals surface area contributed by atoms with Crippen molar-refractivity contribution < 1.29 is 9.30 Å². The number of benzene rings is 1. The molecule has 114 valence electrons. The first-order valence-corrected chi connectivity index (χ1v) is 9.34. The quantitative estimate of drug-likeness (QED) is 0.800. The van der Waals surface area contributed by atoms with E-state index in [0.29, 0.717) is 12.3 Å². The first kappa shape index (κ1) is 17.1. The van der Waals surface area contributed by atoms with E-state index in [1.54, 1.807) is 7.11 Å². The maximum Gasteiger partial charge on any atom is 0.142 e. The number of rotatable bonds is 6. The molecule has 0 aliphatic rings. The molecule has 0 amide bonds. The normalized spacial score (nSPS) is 12.3. The van der Waals surface area contributed by atoms with E-state index in [1.165, 1.54) is 0 Å². The Hall–Kier alpha value is -0.950. The van der Waals surface area contributed by atoms with Gasteiger partial charge in [-0.25, -0.2) is 0 Å². The van der Waals surface area contributed by atoms with Crippen molar-refractivity contribution in [1.82, 2.24) is 0 Å². The molecule has 1 rings (SSSR count). The minimum atomic E-state index is -2.25. The molecule has 1 N–H and O–H groups in total. The van der Waals surface area contributed by atoms with Crippen molar-refractivity contribution in [2.45, 2.75) is 34.6 Å². The van der Waals surface area contributed by atoms with Crippen molar-refractivity contribution in [3.8, 4) is 5.75 Å². The van der Waals surface area contributed by atoms with Crippen LogP contribution in [-0.2, 0) is 4.57 Å². The molecule has 0 aromatic heterocycles. The average molecular weight is 297 g/mol. The number of methoxy groups -OCH3 is 1. The largest absolute Gasteiger partial charge is 0.495 e. The van der Waals surface area contributed by atoms with Gasteiger partial charge in [0.2, 0.25) is 0 Å². The highest BCUT2D eigenvalue weighted by Gasteiger charge is 2.21. The predicted molar refractivity (Wildman–Crippen MR) is 89.3 cm³/mol. The fourth-order valence-electron chi connectivity index (χ4n) is 2.03. The Labute approximate surface area is 123 Å². The van der Waals surface area contributed by atoms with Gasteiger partial charge in [0.1, 0.15) is 12.9 Å². The minimum absolute atomic E-state index is 0.200. The van der Waals surface area contributed by atoms with Gasteiger partial charge in [-0.1, -0.05) is 34.6 Å². The molecule has 20 heavy (non-hydrogen) atoms. The summed E-state index contributed by atoms with van der Waals surface area (Å²) in [6, 6.07) is 5.89. The lowest BCUT2D eigenvalue weighted by atomic mass is 9.97. The van der Waals surface area contributed by atoms with Gasteiger partial charge in [0.25, 0.3) is 0 Å². The van der Waals surface area contributed by atoms with Crippen LogP contribution in [-0.4, -0.2) is 26.0 Å². The van der Waals surface area contributed by atoms with E-state index < -0.39 is 7.14 Å². The monoisotopic (exact) mass is 297 g/mol. The van der Waals surface area contributed by atoms with E-state index in [0.717, 1.165) is 23.3 Å². The van der Waals surface area contributed by atoms with Crippen LogP contribution < -0.4 is 15.4 Å². The summed E-state index contributed by atoms with van der Waals surface area (Å²) in [6.45, 7) is 11.4. The minimum Gasteiger partial charge on any atom is -0.495 e. The van der Waals surface area contributed by atoms with Gasteiger partial charge in [0, 0.05) is 24.2 Å². The molecule has 3 nitrogen and oxygen atoms in total. The van der Waals surface area contributed by atoms with Gasteiger partial charge in [0.05, 0.1) is 12.8 Å². The Morgan fingerprint density at radius 2 is 1.80 bits per heavy atom. The van der Waals surface area contributed by atoms with Crippen molar-refractivity contribution in [2.75, 3.05) is 31.3 Å². The first-order valence-electron chi connectivity index (χ1n) is 7.26. The van der Waals surface area contributed by atoms with E-state index in [1.807, 2.05) is 32.0 Å². The third kappa shape index (κ3) is 4.28. The molecule has 0 bridgehead atoms. The van der Waals surface area contributed by atoms with E-state index in [2.05, 4.69) is 26.1 Å². The second kappa shape index (κ2) is 6.67. The van der Waals surface area contributed by atoms with Crippen LogP contribution in [0.4, 0.5) is 5.69 Å². The van der Waals surface area contributed by atoms with Crippen molar-refractivity contribution in [3.05, 3.63) is 18.2 Å². The summed E-state index contributed by atoms with van der Waals surface area (Å²) in [7, 11) is -0.596. The highest BCUT2D eigenvalue weighted by molar-refractivity contribution is 7.71. The maximum atomic E-state index is 12.8. The van der Waals surface area contributed by atoms with Crippen molar-refractivity contribution in [3.63, 3.8) is 0 Å². The fraction of sp³-hybridized carbons (Fsp3) is 0.625. The third-order valence-electron chi connectivity index (χ3n) is 3.49. The molecular weight excluding hydrogens is 269 g/mol. The molecule has 1 aromatic rings.